The highest BCUT2D eigenvalue weighted by atomic mass is 32.2. The molecule has 0 N–H and O–H groups in total. The standard InChI is InChI=1S/C24H30FN3O3S/c1-17(2)14-28(24-7-4-21(25)12-18(24)3)32(29,30)22-5-6-23-20(13-22)16-27(26-23)15-19-8-10-31-11-9-19/h4-7,12-13,16-17,19H,8-11,14-15H2,1-3H3. The number of benzene rings is 2. The Morgan fingerprint density at radius 3 is 2.62 bits per heavy atom. The molecule has 2 heterocycles. The molecule has 0 amide bonds. The summed E-state index contributed by atoms with van der Waals surface area (Å²) in [6, 6.07) is 9.25. The van der Waals surface area contributed by atoms with Gasteiger partial charge in [0.2, 0.25) is 0 Å². The molecule has 0 unspecified atom stereocenters. The SMILES string of the molecule is Cc1cc(F)ccc1N(CC(C)C)S(=O)(=O)c1ccc2nn(CC3CCOCC3)cc2c1. The molecule has 1 aliphatic heterocycles. The van der Waals surface area contributed by atoms with Crippen molar-refractivity contribution in [3.63, 3.8) is 0 Å². The van der Waals surface area contributed by atoms with Crippen LogP contribution >= 0.6 is 0 Å². The Morgan fingerprint density at radius 1 is 1.19 bits per heavy atom. The van der Waals surface area contributed by atoms with E-state index in [-0.39, 0.29) is 16.6 Å². The molecule has 32 heavy (non-hydrogen) atoms. The number of aryl methyl sites for hydroxylation is 1. The summed E-state index contributed by atoms with van der Waals surface area (Å²) in [7, 11) is -3.84. The molecule has 0 bridgehead atoms. The molecule has 6 nitrogen and oxygen atoms in total. The van der Waals surface area contributed by atoms with Gasteiger partial charge in [0.25, 0.3) is 10.0 Å². The molecule has 1 aromatic heterocycles. The molecule has 172 valence electrons. The Bertz CT molecular complexity index is 1200. The van der Waals surface area contributed by atoms with Gasteiger partial charge in [0.1, 0.15) is 5.82 Å². The maximum absolute atomic E-state index is 13.7. The van der Waals surface area contributed by atoms with E-state index in [2.05, 4.69) is 5.10 Å². The molecule has 1 saturated heterocycles. The minimum Gasteiger partial charge on any atom is -0.381 e. The highest BCUT2D eigenvalue weighted by Crippen LogP contribution is 2.30. The Kier molecular flexibility index (Phi) is 6.53. The van der Waals surface area contributed by atoms with Gasteiger partial charge >= 0.3 is 0 Å². The van der Waals surface area contributed by atoms with Crippen LogP contribution < -0.4 is 4.31 Å². The number of halogens is 1. The molecule has 0 spiro atoms. The van der Waals surface area contributed by atoms with Crippen LogP contribution in [0.1, 0.15) is 32.3 Å². The summed E-state index contributed by atoms with van der Waals surface area (Å²) in [5.74, 6) is 0.232. The van der Waals surface area contributed by atoms with E-state index in [1.54, 1.807) is 25.1 Å². The topological polar surface area (TPSA) is 64.4 Å². The minimum atomic E-state index is -3.84. The van der Waals surface area contributed by atoms with Crippen LogP contribution in [0.5, 0.6) is 0 Å². The number of rotatable bonds is 7. The second kappa shape index (κ2) is 9.19. The lowest BCUT2D eigenvalue weighted by atomic mass is 10.0. The number of nitrogens with zero attached hydrogens (tertiary/aromatic N) is 3. The fraction of sp³-hybridized carbons (Fsp3) is 0.458. The van der Waals surface area contributed by atoms with Crippen molar-refractivity contribution in [1.29, 1.82) is 0 Å². The summed E-state index contributed by atoms with van der Waals surface area (Å²) in [5, 5.41) is 5.42. The van der Waals surface area contributed by atoms with Crippen LogP contribution in [0.2, 0.25) is 0 Å². The molecule has 0 aliphatic carbocycles. The minimum absolute atomic E-state index is 0.0974. The van der Waals surface area contributed by atoms with E-state index < -0.39 is 10.0 Å². The van der Waals surface area contributed by atoms with Gasteiger partial charge < -0.3 is 4.74 Å². The van der Waals surface area contributed by atoms with E-state index in [0.717, 1.165) is 43.5 Å². The summed E-state index contributed by atoms with van der Waals surface area (Å²) in [6.07, 6.45) is 3.94. The molecule has 3 aromatic rings. The molecular weight excluding hydrogens is 429 g/mol. The number of hydrogen-bond donors (Lipinski definition) is 0. The molecule has 1 fully saturated rings. The Morgan fingerprint density at radius 2 is 1.94 bits per heavy atom. The van der Waals surface area contributed by atoms with Gasteiger partial charge in [-0.3, -0.25) is 8.99 Å². The van der Waals surface area contributed by atoms with E-state index in [4.69, 9.17) is 4.74 Å². The molecule has 1 aliphatic rings. The van der Waals surface area contributed by atoms with Gasteiger partial charge in [0, 0.05) is 37.9 Å². The van der Waals surface area contributed by atoms with Gasteiger partial charge in [-0.1, -0.05) is 13.8 Å². The first-order valence-corrected chi connectivity index (χ1v) is 12.5. The molecule has 0 atom stereocenters. The number of anilines is 1. The monoisotopic (exact) mass is 459 g/mol. The lowest BCUT2D eigenvalue weighted by Crippen LogP contribution is -2.34. The lowest BCUT2D eigenvalue weighted by molar-refractivity contribution is 0.0602. The van der Waals surface area contributed by atoms with Crippen molar-refractivity contribution in [2.45, 2.75) is 45.1 Å². The number of fused-ring (bicyclic) bond motifs is 1. The van der Waals surface area contributed by atoms with Crippen molar-refractivity contribution in [3.8, 4) is 0 Å². The smallest absolute Gasteiger partial charge is 0.264 e. The van der Waals surface area contributed by atoms with Crippen molar-refractivity contribution < 1.29 is 17.5 Å². The fourth-order valence-electron chi connectivity index (χ4n) is 4.19. The highest BCUT2D eigenvalue weighted by Gasteiger charge is 2.27. The van der Waals surface area contributed by atoms with Crippen molar-refractivity contribution in [1.82, 2.24) is 9.78 Å². The highest BCUT2D eigenvalue weighted by molar-refractivity contribution is 7.92. The van der Waals surface area contributed by atoms with Crippen LogP contribution in [-0.4, -0.2) is 38.0 Å². The summed E-state index contributed by atoms with van der Waals surface area (Å²) in [6.45, 7) is 8.31. The zero-order valence-corrected chi connectivity index (χ0v) is 19.6. The Hall–Kier alpha value is -2.45. The largest absolute Gasteiger partial charge is 0.381 e. The van der Waals surface area contributed by atoms with Crippen LogP contribution in [0.25, 0.3) is 10.9 Å². The maximum atomic E-state index is 13.7. The molecule has 0 radical (unpaired) electrons. The van der Waals surface area contributed by atoms with Crippen LogP contribution in [0.3, 0.4) is 0 Å². The van der Waals surface area contributed by atoms with Gasteiger partial charge in [-0.05, 0) is 73.6 Å². The fourth-order valence-corrected chi connectivity index (χ4v) is 5.91. The zero-order chi connectivity index (χ0) is 22.9. The third-order valence-corrected chi connectivity index (χ3v) is 7.63. The second-order valence-corrected chi connectivity index (χ2v) is 10.9. The summed E-state index contributed by atoms with van der Waals surface area (Å²) >= 11 is 0. The molecule has 8 heteroatoms. The van der Waals surface area contributed by atoms with Crippen molar-refractivity contribution >= 4 is 26.6 Å². The van der Waals surface area contributed by atoms with Crippen molar-refractivity contribution in [2.24, 2.45) is 11.8 Å². The molecule has 4 rings (SSSR count). The Labute approximate surface area is 189 Å². The van der Waals surface area contributed by atoms with Crippen molar-refractivity contribution in [3.05, 3.63) is 54.0 Å². The summed E-state index contributed by atoms with van der Waals surface area (Å²) < 4.78 is 49.7. The maximum Gasteiger partial charge on any atom is 0.264 e. The van der Waals surface area contributed by atoms with E-state index in [1.807, 2.05) is 24.7 Å². The number of ether oxygens (including phenoxy) is 1. The van der Waals surface area contributed by atoms with Gasteiger partial charge in [-0.25, -0.2) is 12.8 Å². The third kappa shape index (κ3) is 4.81. The number of hydrogen-bond acceptors (Lipinski definition) is 4. The molecular formula is C24H30FN3O3S. The van der Waals surface area contributed by atoms with Gasteiger partial charge in [0.05, 0.1) is 16.1 Å². The van der Waals surface area contributed by atoms with Gasteiger partial charge in [-0.2, -0.15) is 5.10 Å². The van der Waals surface area contributed by atoms with E-state index in [1.165, 1.54) is 22.5 Å². The van der Waals surface area contributed by atoms with E-state index in [9.17, 15) is 12.8 Å². The van der Waals surface area contributed by atoms with Crippen LogP contribution in [-0.2, 0) is 21.3 Å². The average Bonchev–Trinajstić information content (AvgIpc) is 3.14. The predicted molar refractivity (Wildman–Crippen MR) is 124 cm³/mol. The summed E-state index contributed by atoms with van der Waals surface area (Å²) in [4.78, 5) is 0.208. The third-order valence-electron chi connectivity index (χ3n) is 5.86. The molecule has 2 aromatic carbocycles. The van der Waals surface area contributed by atoms with Crippen LogP contribution in [0.4, 0.5) is 10.1 Å². The number of sulfonamides is 1. The second-order valence-electron chi connectivity index (χ2n) is 8.99. The van der Waals surface area contributed by atoms with E-state index in [0.29, 0.717) is 23.7 Å². The van der Waals surface area contributed by atoms with Crippen LogP contribution in [0, 0.1) is 24.6 Å². The number of aromatic nitrogens is 2. The zero-order valence-electron chi connectivity index (χ0n) is 18.8. The first-order chi connectivity index (χ1) is 15.2. The average molecular weight is 460 g/mol. The van der Waals surface area contributed by atoms with Crippen LogP contribution in [0.15, 0.2) is 47.5 Å². The first-order valence-electron chi connectivity index (χ1n) is 11.1. The van der Waals surface area contributed by atoms with Crippen molar-refractivity contribution in [2.75, 3.05) is 24.1 Å². The normalized spacial score (nSPS) is 15.5. The Balaban J connectivity index is 1.67. The lowest BCUT2D eigenvalue weighted by Gasteiger charge is -2.27. The first kappa shape index (κ1) is 22.7. The van der Waals surface area contributed by atoms with Gasteiger partial charge in [0.15, 0.2) is 0 Å². The molecule has 0 saturated carbocycles. The summed E-state index contributed by atoms with van der Waals surface area (Å²) in [5.41, 5.74) is 1.85. The van der Waals surface area contributed by atoms with E-state index >= 15 is 0 Å². The predicted octanol–water partition coefficient (Wildman–Crippen LogP) is 4.76. The van der Waals surface area contributed by atoms with Gasteiger partial charge in [-0.15, -0.1) is 0 Å². The quantitative estimate of drug-likeness (QED) is 0.511.